The maximum absolute atomic E-state index is 10.7. The molecule has 76 valence electrons. The molecule has 0 aromatic rings. The first kappa shape index (κ1) is 12.1. The molecule has 13 heavy (non-hydrogen) atoms. The molecule has 3 N–H and O–H groups in total. The van der Waals surface area contributed by atoms with Gasteiger partial charge in [-0.25, -0.2) is 0 Å². The summed E-state index contributed by atoms with van der Waals surface area (Å²) in [5, 5.41) is 19.7. The number of carbonyl (C=O) groups excluding carboxylic acids is 2. The van der Waals surface area contributed by atoms with Gasteiger partial charge in [-0.2, -0.15) is 0 Å². The summed E-state index contributed by atoms with van der Waals surface area (Å²) in [5.41, 5.74) is 0. The average Bonchev–Trinajstić information content (AvgIpc) is 2.05. The van der Waals surface area contributed by atoms with E-state index in [0.29, 0.717) is 0 Å². The minimum atomic E-state index is -2.38. The molecule has 1 aliphatic heterocycles. The Kier molecular flexibility index (Phi) is 4.03. The Morgan fingerprint density at radius 1 is 1.38 bits per heavy atom. The maximum Gasteiger partial charge on any atom is 0.286 e. The van der Waals surface area contributed by atoms with Crippen LogP contribution in [0.15, 0.2) is 0 Å². The first-order valence-corrected chi connectivity index (χ1v) is 4.23. The fraction of sp³-hybridized carbons (Fsp3) is 0.750. The highest BCUT2D eigenvalue weighted by Gasteiger charge is 2.42. The lowest BCUT2D eigenvalue weighted by Crippen LogP contribution is -2.56. The number of piperidine rings is 1. The molecule has 0 saturated carbocycles. The first-order valence-electron chi connectivity index (χ1n) is 4.23. The van der Waals surface area contributed by atoms with Crippen LogP contribution in [0.25, 0.3) is 0 Å². The molecule has 1 fully saturated rings. The van der Waals surface area contributed by atoms with Gasteiger partial charge in [0, 0.05) is 12.3 Å². The van der Waals surface area contributed by atoms with Crippen LogP contribution in [-0.2, 0) is 9.59 Å². The SMILES string of the molecule is CC.CC1CC(O)(O)C(=O)NC1=O. The van der Waals surface area contributed by atoms with E-state index in [1.807, 2.05) is 19.2 Å². The topological polar surface area (TPSA) is 86.6 Å². The monoisotopic (exact) mass is 189 g/mol. The smallest absolute Gasteiger partial charge is 0.286 e. The van der Waals surface area contributed by atoms with E-state index in [1.165, 1.54) is 6.92 Å². The molecule has 1 rings (SSSR count). The van der Waals surface area contributed by atoms with Gasteiger partial charge >= 0.3 is 0 Å². The highest BCUT2D eigenvalue weighted by atomic mass is 16.5. The molecule has 0 spiro atoms. The molecule has 1 unspecified atom stereocenters. The molecule has 0 aromatic carbocycles. The number of carbonyl (C=O) groups is 2. The lowest BCUT2D eigenvalue weighted by molar-refractivity contribution is -0.198. The van der Waals surface area contributed by atoms with E-state index >= 15 is 0 Å². The van der Waals surface area contributed by atoms with Crippen molar-refractivity contribution in [2.24, 2.45) is 5.92 Å². The number of nitrogens with one attached hydrogen (secondary N) is 1. The summed E-state index contributed by atoms with van der Waals surface area (Å²) >= 11 is 0. The summed E-state index contributed by atoms with van der Waals surface area (Å²) in [4.78, 5) is 21.4. The van der Waals surface area contributed by atoms with Gasteiger partial charge in [-0.05, 0) is 0 Å². The van der Waals surface area contributed by atoms with Crippen LogP contribution in [0, 0.1) is 5.92 Å². The Morgan fingerprint density at radius 2 is 1.85 bits per heavy atom. The van der Waals surface area contributed by atoms with Crippen LogP contribution >= 0.6 is 0 Å². The number of hydrogen-bond acceptors (Lipinski definition) is 4. The van der Waals surface area contributed by atoms with E-state index in [1.54, 1.807) is 0 Å². The molecule has 1 aliphatic rings. The van der Waals surface area contributed by atoms with Gasteiger partial charge in [0.15, 0.2) is 0 Å². The van der Waals surface area contributed by atoms with Gasteiger partial charge in [-0.3, -0.25) is 14.9 Å². The van der Waals surface area contributed by atoms with Gasteiger partial charge in [0.25, 0.3) is 5.91 Å². The van der Waals surface area contributed by atoms with Crippen molar-refractivity contribution >= 4 is 11.8 Å². The zero-order chi connectivity index (χ0) is 10.6. The summed E-state index contributed by atoms with van der Waals surface area (Å²) in [6, 6.07) is 0. The summed E-state index contributed by atoms with van der Waals surface area (Å²) < 4.78 is 0. The average molecular weight is 189 g/mol. The van der Waals surface area contributed by atoms with E-state index in [9.17, 15) is 9.59 Å². The van der Waals surface area contributed by atoms with Gasteiger partial charge in [0.05, 0.1) is 0 Å². The number of rotatable bonds is 0. The minimum Gasteiger partial charge on any atom is -0.358 e. The van der Waals surface area contributed by atoms with Crippen molar-refractivity contribution in [2.45, 2.75) is 33.0 Å². The number of aliphatic hydroxyl groups is 2. The zero-order valence-corrected chi connectivity index (χ0v) is 8.00. The lowest BCUT2D eigenvalue weighted by atomic mass is 9.95. The van der Waals surface area contributed by atoms with Crippen molar-refractivity contribution < 1.29 is 19.8 Å². The normalized spacial score (nSPS) is 25.8. The van der Waals surface area contributed by atoms with Crippen LogP contribution in [0.5, 0.6) is 0 Å². The zero-order valence-electron chi connectivity index (χ0n) is 8.00. The van der Waals surface area contributed by atoms with Crippen LogP contribution in [0.2, 0.25) is 0 Å². The first-order chi connectivity index (χ1) is 5.93. The van der Waals surface area contributed by atoms with E-state index in [4.69, 9.17) is 10.2 Å². The Bertz CT molecular complexity index is 212. The van der Waals surface area contributed by atoms with Crippen LogP contribution in [0.3, 0.4) is 0 Å². The highest BCUT2D eigenvalue weighted by molar-refractivity contribution is 6.01. The van der Waals surface area contributed by atoms with Gasteiger partial charge in [0.2, 0.25) is 11.7 Å². The minimum absolute atomic E-state index is 0.238. The number of amides is 2. The third kappa shape index (κ3) is 2.78. The molecular formula is C8H15NO4. The van der Waals surface area contributed by atoms with E-state index in [0.717, 1.165) is 0 Å². The van der Waals surface area contributed by atoms with Crippen molar-refractivity contribution in [3.05, 3.63) is 0 Å². The Hall–Kier alpha value is -0.940. The predicted octanol–water partition coefficient (Wildman–Crippen LogP) is -0.624. The molecule has 0 aliphatic carbocycles. The van der Waals surface area contributed by atoms with E-state index in [2.05, 4.69) is 0 Å². The number of imide groups is 1. The Balaban J connectivity index is 0.000000671. The second-order valence-electron chi connectivity index (χ2n) is 2.74. The van der Waals surface area contributed by atoms with Crippen LogP contribution in [0.4, 0.5) is 0 Å². The van der Waals surface area contributed by atoms with Gasteiger partial charge in [-0.1, -0.05) is 20.8 Å². The molecular weight excluding hydrogens is 174 g/mol. The van der Waals surface area contributed by atoms with Crippen molar-refractivity contribution in [2.75, 3.05) is 0 Å². The van der Waals surface area contributed by atoms with Crippen LogP contribution < -0.4 is 5.32 Å². The molecule has 1 atom stereocenters. The van der Waals surface area contributed by atoms with Gasteiger partial charge < -0.3 is 10.2 Å². The van der Waals surface area contributed by atoms with Gasteiger partial charge in [0.1, 0.15) is 0 Å². The Morgan fingerprint density at radius 3 is 2.23 bits per heavy atom. The quantitative estimate of drug-likeness (QED) is 0.350. The van der Waals surface area contributed by atoms with Crippen molar-refractivity contribution in [1.82, 2.24) is 5.32 Å². The summed E-state index contributed by atoms with van der Waals surface area (Å²) in [6.07, 6.45) is -0.238. The fourth-order valence-corrected chi connectivity index (χ4v) is 0.948. The van der Waals surface area contributed by atoms with E-state index < -0.39 is 23.5 Å². The second kappa shape index (κ2) is 4.34. The molecule has 0 radical (unpaired) electrons. The van der Waals surface area contributed by atoms with Gasteiger partial charge in [-0.15, -0.1) is 0 Å². The van der Waals surface area contributed by atoms with Crippen molar-refractivity contribution in [3.8, 4) is 0 Å². The number of hydrogen-bond donors (Lipinski definition) is 3. The summed E-state index contributed by atoms with van der Waals surface area (Å²) in [5.74, 6) is -4.43. The highest BCUT2D eigenvalue weighted by Crippen LogP contribution is 2.18. The summed E-state index contributed by atoms with van der Waals surface area (Å²) in [7, 11) is 0. The molecule has 1 saturated heterocycles. The largest absolute Gasteiger partial charge is 0.358 e. The van der Waals surface area contributed by atoms with Crippen LogP contribution in [-0.4, -0.2) is 27.8 Å². The second-order valence-corrected chi connectivity index (χ2v) is 2.74. The molecule has 2 amide bonds. The van der Waals surface area contributed by atoms with Crippen LogP contribution in [0.1, 0.15) is 27.2 Å². The molecule has 5 heteroatoms. The lowest BCUT2D eigenvalue weighted by Gasteiger charge is -2.28. The molecule has 0 aromatic heterocycles. The molecule has 5 nitrogen and oxygen atoms in total. The third-order valence-corrected chi connectivity index (χ3v) is 1.64. The maximum atomic E-state index is 10.7. The molecule has 0 bridgehead atoms. The Labute approximate surface area is 76.8 Å². The van der Waals surface area contributed by atoms with E-state index in [-0.39, 0.29) is 6.42 Å². The van der Waals surface area contributed by atoms with Crippen molar-refractivity contribution in [1.29, 1.82) is 0 Å². The molecule has 1 heterocycles. The predicted molar refractivity (Wildman–Crippen MR) is 45.4 cm³/mol. The fourth-order valence-electron chi connectivity index (χ4n) is 0.948. The summed E-state index contributed by atoms with van der Waals surface area (Å²) in [6.45, 7) is 5.52. The standard InChI is InChI=1S/C6H9NO4.C2H6/c1-3-2-6(10,11)5(9)7-4(3)8;1-2/h3,10-11H,2H2,1H3,(H,7,8,9);1-2H3. The van der Waals surface area contributed by atoms with Crippen molar-refractivity contribution in [3.63, 3.8) is 0 Å². The third-order valence-electron chi connectivity index (χ3n) is 1.64.